The van der Waals surface area contributed by atoms with Gasteiger partial charge in [0, 0.05) is 0 Å². The van der Waals surface area contributed by atoms with Gasteiger partial charge in [-0.05, 0) is 17.6 Å². The minimum atomic E-state index is -1.62. The predicted octanol–water partition coefficient (Wildman–Crippen LogP) is -0.745. The van der Waals surface area contributed by atoms with E-state index in [1.54, 1.807) is 0 Å². The Kier molecular flexibility index (Phi) is 3.55. The maximum absolute atomic E-state index is 8.99. The molecule has 0 saturated carbocycles. The molecule has 0 aliphatic heterocycles. The first kappa shape index (κ1) is 11.4. The maximum atomic E-state index is 8.99. The van der Waals surface area contributed by atoms with Crippen LogP contribution in [0.15, 0.2) is 12.1 Å². The van der Waals surface area contributed by atoms with Gasteiger partial charge in [0.2, 0.25) is 0 Å². The van der Waals surface area contributed by atoms with E-state index in [2.05, 4.69) is 0 Å². The second-order valence-corrected chi connectivity index (χ2v) is 2.79. The van der Waals surface area contributed by atoms with Crippen molar-refractivity contribution in [2.45, 2.75) is 0 Å². The number of rotatable bonds is 3. The molecule has 0 heterocycles. The molecule has 0 bridgehead atoms. The average molecular weight is 207 g/mol. The van der Waals surface area contributed by atoms with E-state index in [1.165, 1.54) is 26.4 Å². The normalized spacial score (nSPS) is 9.27. The van der Waals surface area contributed by atoms with Crippen LogP contribution in [0.3, 0.4) is 0 Å². The third-order valence-corrected chi connectivity index (χ3v) is 1.94. The van der Waals surface area contributed by atoms with Crippen molar-refractivity contribution in [2.24, 2.45) is 0 Å². The van der Waals surface area contributed by atoms with Crippen molar-refractivity contribution >= 4 is 12.6 Å². The van der Waals surface area contributed by atoms with Crippen molar-refractivity contribution in [3.8, 4) is 17.6 Å². The lowest BCUT2D eigenvalue weighted by Crippen LogP contribution is -2.30. The van der Waals surface area contributed by atoms with Gasteiger partial charge in [-0.15, -0.1) is 0 Å². The highest BCUT2D eigenvalue weighted by atomic mass is 16.5. The summed E-state index contributed by atoms with van der Waals surface area (Å²) in [5.74, 6) is 0.500. The molecule has 0 aliphatic rings. The van der Waals surface area contributed by atoms with Crippen molar-refractivity contribution < 1.29 is 19.5 Å². The Morgan fingerprint density at radius 2 is 1.67 bits per heavy atom. The monoisotopic (exact) mass is 207 g/mol. The van der Waals surface area contributed by atoms with Gasteiger partial charge in [-0.25, -0.2) is 0 Å². The summed E-state index contributed by atoms with van der Waals surface area (Å²) in [7, 11) is 1.16. The van der Waals surface area contributed by atoms with Crippen LogP contribution in [0.1, 0.15) is 5.56 Å². The molecule has 0 spiro atoms. The highest BCUT2D eigenvalue weighted by Crippen LogP contribution is 2.25. The molecule has 0 aliphatic carbocycles. The first-order chi connectivity index (χ1) is 7.13. The van der Waals surface area contributed by atoms with Gasteiger partial charge in [0.05, 0.1) is 14.2 Å². The second kappa shape index (κ2) is 4.69. The van der Waals surface area contributed by atoms with Crippen LogP contribution < -0.4 is 14.9 Å². The Hall–Kier alpha value is -1.71. The zero-order valence-electron chi connectivity index (χ0n) is 8.39. The lowest BCUT2D eigenvalue weighted by molar-refractivity contribution is 0.390. The van der Waals surface area contributed by atoms with Crippen LogP contribution >= 0.6 is 0 Å². The fraction of sp³-hybridized carbons (Fsp3) is 0.222. The van der Waals surface area contributed by atoms with Gasteiger partial charge in [-0.2, -0.15) is 5.26 Å². The summed E-state index contributed by atoms with van der Waals surface area (Å²) in [6, 6.07) is 4.68. The van der Waals surface area contributed by atoms with E-state index in [9.17, 15) is 0 Å². The summed E-state index contributed by atoms with van der Waals surface area (Å²) in [5.41, 5.74) is 0.437. The van der Waals surface area contributed by atoms with E-state index >= 15 is 0 Å². The SMILES string of the molecule is COc1cc(B(O)O)cc(OC)c1C#N. The van der Waals surface area contributed by atoms with E-state index in [-0.39, 0.29) is 22.5 Å². The third-order valence-electron chi connectivity index (χ3n) is 1.94. The highest BCUT2D eigenvalue weighted by molar-refractivity contribution is 6.58. The molecule has 78 valence electrons. The lowest BCUT2D eigenvalue weighted by Gasteiger charge is -2.10. The smallest absolute Gasteiger partial charge is 0.488 e. The number of methoxy groups -OCH3 is 2. The van der Waals surface area contributed by atoms with Crippen molar-refractivity contribution in [1.82, 2.24) is 0 Å². The van der Waals surface area contributed by atoms with Gasteiger partial charge in [0.1, 0.15) is 23.1 Å². The minimum Gasteiger partial charge on any atom is -0.495 e. The highest BCUT2D eigenvalue weighted by Gasteiger charge is 2.18. The molecule has 15 heavy (non-hydrogen) atoms. The summed E-state index contributed by atoms with van der Waals surface area (Å²) in [6.45, 7) is 0. The number of nitriles is 1. The van der Waals surface area contributed by atoms with E-state index in [1.807, 2.05) is 6.07 Å². The van der Waals surface area contributed by atoms with Crippen molar-refractivity contribution in [1.29, 1.82) is 5.26 Å². The topological polar surface area (TPSA) is 82.7 Å². The quantitative estimate of drug-likeness (QED) is 0.637. The van der Waals surface area contributed by atoms with Crippen LogP contribution in [0.4, 0.5) is 0 Å². The molecule has 0 saturated heterocycles. The van der Waals surface area contributed by atoms with Gasteiger partial charge >= 0.3 is 7.12 Å². The van der Waals surface area contributed by atoms with Crippen molar-refractivity contribution in [2.75, 3.05) is 14.2 Å². The van der Waals surface area contributed by atoms with Gasteiger partial charge in [0.25, 0.3) is 0 Å². The van der Waals surface area contributed by atoms with E-state index in [0.717, 1.165) is 0 Å². The number of nitrogens with zero attached hydrogens (tertiary/aromatic N) is 1. The van der Waals surface area contributed by atoms with Crippen LogP contribution in [0, 0.1) is 11.3 Å². The molecule has 6 heteroatoms. The zero-order valence-corrected chi connectivity index (χ0v) is 8.39. The number of benzene rings is 1. The van der Waals surface area contributed by atoms with Crippen molar-refractivity contribution in [3.63, 3.8) is 0 Å². The summed E-state index contributed by atoms with van der Waals surface area (Å²) >= 11 is 0. The molecule has 0 atom stereocenters. The zero-order chi connectivity index (χ0) is 11.4. The van der Waals surface area contributed by atoms with E-state index in [4.69, 9.17) is 24.8 Å². The Bertz CT molecular complexity index is 375. The molecule has 0 amide bonds. The molecular weight excluding hydrogens is 197 g/mol. The van der Waals surface area contributed by atoms with Gasteiger partial charge in [0.15, 0.2) is 0 Å². The Balaban J connectivity index is 3.37. The molecule has 1 aromatic carbocycles. The van der Waals surface area contributed by atoms with Crippen LogP contribution in [-0.4, -0.2) is 31.4 Å². The van der Waals surface area contributed by atoms with E-state index in [0.29, 0.717) is 0 Å². The van der Waals surface area contributed by atoms with Crippen LogP contribution in [0.2, 0.25) is 0 Å². The molecule has 0 fully saturated rings. The third kappa shape index (κ3) is 2.21. The molecule has 1 rings (SSSR count). The Labute approximate surface area is 87.6 Å². The molecule has 0 unspecified atom stereocenters. The number of ether oxygens (including phenoxy) is 2. The standard InChI is InChI=1S/C9H10BNO4/c1-14-8-3-6(10(12)13)4-9(15-2)7(8)5-11/h3-4,12-13H,1-2H3. The first-order valence-electron chi connectivity index (χ1n) is 4.16. The molecule has 1 aromatic rings. The summed E-state index contributed by atoms with van der Waals surface area (Å²) in [4.78, 5) is 0. The summed E-state index contributed by atoms with van der Waals surface area (Å²) in [6.07, 6.45) is 0. The molecule has 2 N–H and O–H groups in total. The van der Waals surface area contributed by atoms with E-state index < -0.39 is 7.12 Å². The fourth-order valence-electron chi connectivity index (χ4n) is 1.19. The summed E-state index contributed by atoms with van der Waals surface area (Å²) < 4.78 is 9.89. The van der Waals surface area contributed by atoms with Gasteiger partial charge in [-0.3, -0.25) is 0 Å². The first-order valence-corrected chi connectivity index (χ1v) is 4.16. The average Bonchev–Trinajstić information content (AvgIpc) is 2.26. The fourth-order valence-corrected chi connectivity index (χ4v) is 1.19. The molecule has 0 radical (unpaired) electrons. The predicted molar refractivity (Wildman–Crippen MR) is 54.1 cm³/mol. The van der Waals surface area contributed by atoms with Gasteiger partial charge in [-0.1, -0.05) is 0 Å². The minimum absolute atomic E-state index is 0.211. The number of hydrogen-bond acceptors (Lipinski definition) is 5. The van der Waals surface area contributed by atoms with Crippen molar-refractivity contribution in [3.05, 3.63) is 17.7 Å². The maximum Gasteiger partial charge on any atom is 0.488 e. The molecule has 0 aromatic heterocycles. The lowest BCUT2D eigenvalue weighted by atomic mass is 9.79. The molecular formula is C9H10BNO4. The van der Waals surface area contributed by atoms with Crippen LogP contribution in [0.25, 0.3) is 0 Å². The summed E-state index contributed by atoms with van der Waals surface area (Å²) in [5, 5.41) is 26.8. The number of hydrogen-bond donors (Lipinski definition) is 2. The second-order valence-electron chi connectivity index (χ2n) is 2.79. The van der Waals surface area contributed by atoms with Crippen LogP contribution in [-0.2, 0) is 0 Å². The van der Waals surface area contributed by atoms with Crippen LogP contribution in [0.5, 0.6) is 11.5 Å². The van der Waals surface area contributed by atoms with Gasteiger partial charge < -0.3 is 19.5 Å². The Morgan fingerprint density at radius 3 is 1.93 bits per heavy atom. The Morgan fingerprint density at radius 1 is 1.20 bits per heavy atom. The molecule has 5 nitrogen and oxygen atoms in total. The largest absolute Gasteiger partial charge is 0.495 e.